The monoisotopic (exact) mass is 375 g/mol. The molecule has 1 saturated carbocycles. The molecule has 1 aromatic carbocycles. The fourth-order valence-corrected chi connectivity index (χ4v) is 3.97. The van der Waals surface area contributed by atoms with Crippen LogP contribution in [0.15, 0.2) is 18.2 Å². The van der Waals surface area contributed by atoms with Gasteiger partial charge in [0.25, 0.3) is 6.47 Å². The predicted molar refractivity (Wildman–Crippen MR) is 103 cm³/mol. The highest BCUT2D eigenvalue weighted by Crippen LogP contribution is 2.37. The molecule has 0 aromatic heterocycles. The summed E-state index contributed by atoms with van der Waals surface area (Å²) in [6, 6.07) is 6.68. The largest absolute Gasteiger partial charge is 0.483 e. The molecule has 148 valence electrons. The van der Waals surface area contributed by atoms with Crippen molar-refractivity contribution in [2.45, 2.75) is 51.3 Å². The second-order valence-corrected chi connectivity index (χ2v) is 7.77. The Kier molecular flexibility index (Phi) is 6.34. The van der Waals surface area contributed by atoms with Gasteiger partial charge >= 0.3 is 6.03 Å². The number of benzene rings is 1. The van der Waals surface area contributed by atoms with Crippen LogP contribution < -0.4 is 10.6 Å². The molecule has 0 bridgehead atoms. The zero-order valence-corrected chi connectivity index (χ0v) is 16.0. The van der Waals surface area contributed by atoms with Crippen molar-refractivity contribution in [1.82, 2.24) is 10.2 Å². The molecule has 1 aliphatic carbocycles. The van der Waals surface area contributed by atoms with Crippen LogP contribution in [0.1, 0.15) is 30.4 Å². The van der Waals surface area contributed by atoms with Crippen LogP contribution in [0.2, 0.25) is 0 Å². The molecule has 7 nitrogen and oxygen atoms in total. The number of morpholine rings is 1. The minimum absolute atomic E-state index is 0.104. The molecule has 3 N–H and O–H groups in total. The van der Waals surface area contributed by atoms with E-state index in [1.54, 1.807) is 0 Å². The molecule has 27 heavy (non-hydrogen) atoms. The summed E-state index contributed by atoms with van der Waals surface area (Å²) in [5.74, 6) is 0.783. The first-order valence-electron chi connectivity index (χ1n) is 9.58. The van der Waals surface area contributed by atoms with Crippen molar-refractivity contribution in [1.29, 1.82) is 0 Å². The molecular weight excluding hydrogens is 346 g/mol. The number of anilines is 1. The van der Waals surface area contributed by atoms with E-state index >= 15 is 0 Å². The lowest BCUT2D eigenvalue weighted by atomic mass is 10.1. The van der Waals surface area contributed by atoms with E-state index in [2.05, 4.69) is 21.6 Å². The zero-order valence-electron chi connectivity index (χ0n) is 16.0. The van der Waals surface area contributed by atoms with E-state index in [1.807, 2.05) is 26.0 Å². The van der Waals surface area contributed by atoms with Crippen molar-refractivity contribution in [3.8, 4) is 0 Å². The summed E-state index contributed by atoms with van der Waals surface area (Å²) in [5.41, 5.74) is 3.12. The number of nitrogens with zero attached hydrogens (tertiary/aromatic N) is 1. The minimum Gasteiger partial charge on any atom is -0.483 e. The molecule has 2 aliphatic heterocycles. The van der Waals surface area contributed by atoms with Crippen molar-refractivity contribution >= 4 is 18.2 Å². The van der Waals surface area contributed by atoms with E-state index in [0.29, 0.717) is 12.1 Å². The summed E-state index contributed by atoms with van der Waals surface area (Å²) in [6.45, 7) is 6.59. The molecule has 3 aliphatic rings. The maximum atomic E-state index is 12.3. The third-order valence-corrected chi connectivity index (χ3v) is 5.57. The second-order valence-electron chi connectivity index (χ2n) is 7.77. The van der Waals surface area contributed by atoms with Crippen LogP contribution >= 0.6 is 0 Å². The lowest BCUT2D eigenvalue weighted by Gasteiger charge is -2.35. The van der Waals surface area contributed by atoms with Crippen LogP contribution in [0.25, 0.3) is 0 Å². The Bertz CT molecular complexity index is 677. The van der Waals surface area contributed by atoms with Gasteiger partial charge in [0.15, 0.2) is 0 Å². The Labute approximate surface area is 160 Å². The molecule has 2 amide bonds. The number of carbonyl (C=O) groups excluding carboxylic acids is 1. The average Bonchev–Trinajstić information content (AvgIpc) is 3.39. The average molecular weight is 375 g/mol. The number of ether oxygens (including phenoxy) is 1. The summed E-state index contributed by atoms with van der Waals surface area (Å²) < 4.78 is 6.02. The molecule has 2 heterocycles. The first-order valence-corrected chi connectivity index (χ1v) is 9.58. The number of carboxylic acid groups (broad SMARTS) is 1. The van der Waals surface area contributed by atoms with Crippen LogP contribution in [0, 0.1) is 19.8 Å². The van der Waals surface area contributed by atoms with Gasteiger partial charge in [-0.2, -0.15) is 0 Å². The molecule has 0 unspecified atom stereocenters. The molecule has 4 rings (SSSR count). The van der Waals surface area contributed by atoms with Gasteiger partial charge in [0.2, 0.25) is 0 Å². The molecule has 0 spiro atoms. The molecule has 2 saturated heterocycles. The smallest absolute Gasteiger partial charge is 0.319 e. The van der Waals surface area contributed by atoms with Crippen molar-refractivity contribution in [3.05, 3.63) is 29.3 Å². The number of nitrogens with one attached hydrogen (secondary N) is 2. The Morgan fingerprint density at radius 3 is 2.74 bits per heavy atom. The number of amides is 2. The fourth-order valence-electron chi connectivity index (χ4n) is 3.97. The summed E-state index contributed by atoms with van der Waals surface area (Å²) in [5, 5.41) is 13.0. The van der Waals surface area contributed by atoms with Crippen LogP contribution in [0.3, 0.4) is 0 Å². The Morgan fingerprint density at radius 2 is 2.04 bits per heavy atom. The van der Waals surface area contributed by atoms with E-state index in [-0.39, 0.29) is 18.5 Å². The summed E-state index contributed by atoms with van der Waals surface area (Å²) in [6.07, 6.45) is 4.05. The van der Waals surface area contributed by atoms with Gasteiger partial charge in [-0.25, -0.2) is 4.79 Å². The first-order chi connectivity index (χ1) is 13.0. The number of urea groups is 1. The van der Waals surface area contributed by atoms with Gasteiger partial charge in [0, 0.05) is 30.9 Å². The fraction of sp³-hybridized carbons (Fsp3) is 0.600. The first kappa shape index (κ1) is 19.6. The van der Waals surface area contributed by atoms with Gasteiger partial charge in [0.05, 0.1) is 12.7 Å². The van der Waals surface area contributed by atoms with Gasteiger partial charge in [-0.15, -0.1) is 0 Å². The highest BCUT2D eigenvalue weighted by molar-refractivity contribution is 5.90. The highest BCUT2D eigenvalue weighted by Gasteiger charge is 2.42. The van der Waals surface area contributed by atoms with Crippen molar-refractivity contribution in [2.24, 2.45) is 5.92 Å². The molecule has 0 radical (unpaired) electrons. The molecule has 7 heteroatoms. The maximum Gasteiger partial charge on any atom is 0.319 e. The third-order valence-electron chi connectivity index (χ3n) is 5.57. The molecule has 3 fully saturated rings. The summed E-state index contributed by atoms with van der Waals surface area (Å²) in [7, 11) is 0. The number of hydrogen-bond acceptors (Lipinski definition) is 4. The van der Waals surface area contributed by atoms with Gasteiger partial charge in [-0.1, -0.05) is 12.1 Å². The maximum absolute atomic E-state index is 12.3. The lowest BCUT2D eigenvalue weighted by molar-refractivity contribution is -0.122. The summed E-state index contributed by atoms with van der Waals surface area (Å²) in [4.78, 5) is 23.2. The third kappa shape index (κ3) is 5.20. The quantitative estimate of drug-likeness (QED) is 0.706. The molecule has 1 aromatic rings. The minimum atomic E-state index is -0.250. The lowest BCUT2D eigenvalue weighted by Crippen LogP contribution is -2.47. The highest BCUT2D eigenvalue weighted by atomic mass is 16.5. The van der Waals surface area contributed by atoms with Gasteiger partial charge in [-0.3, -0.25) is 9.69 Å². The van der Waals surface area contributed by atoms with Crippen LogP contribution in [-0.2, 0) is 9.53 Å². The van der Waals surface area contributed by atoms with Gasteiger partial charge in [-0.05, 0) is 56.2 Å². The summed E-state index contributed by atoms with van der Waals surface area (Å²) >= 11 is 0. The number of rotatable bonds is 3. The van der Waals surface area contributed by atoms with Gasteiger partial charge < -0.3 is 20.5 Å². The second kappa shape index (κ2) is 8.71. The Balaban J connectivity index is 0.000000659. The Morgan fingerprint density at radius 1 is 1.30 bits per heavy atom. The van der Waals surface area contributed by atoms with Crippen molar-refractivity contribution in [2.75, 3.05) is 25.0 Å². The normalized spacial score (nSPS) is 27.1. The van der Waals surface area contributed by atoms with Crippen LogP contribution in [-0.4, -0.2) is 60.4 Å². The Hall–Kier alpha value is -2.12. The van der Waals surface area contributed by atoms with E-state index in [9.17, 15) is 4.79 Å². The number of fused-ring (bicyclic) bond motifs is 1. The molecular formula is C20H29N3O4. The van der Waals surface area contributed by atoms with Crippen LogP contribution in [0.5, 0.6) is 0 Å². The topological polar surface area (TPSA) is 90.9 Å². The van der Waals surface area contributed by atoms with E-state index < -0.39 is 0 Å². The van der Waals surface area contributed by atoms with E-state index in [0.717, 1.165) is 48.8 Å². The standard InChI is InChI=1S/C19H27N3O2.CH2O2/c1-12-3-4-13(2)17(7-12)21-19(23)20-15-8-16-11-24-18(14-5-6-14)10-22(16)9-15;2-1-3/h3-4,7,14-16,18H,5-6,8-11H2,1-2H3,(H2,20,21,23);1H,(H,2,3)/t15-,16+,18-;/m1./s1. The number of aryl methyl sites for hydroxylation is 2. The predicted octanol–water partition coefficient (Wildman–Crippen LogP) is 2.38. The van der Waals surface area contributed by atoms with E-state index in [1.165, 1.54) is 12.8 Å². The number of carbonyl (C=O) groups is 2. The SMILES string of the molecule is Cc1ccc(C)c(NC(=O)N[C@@H]2C[C@H]3CO[C@@H](C4CC4)CN3C2)c1.O=CO. The van der Waals surface area contributed by atoms with Crippen LogP contribution in [0.4, 0.5) is 10.5 Å². The zero-order chi connectivity index (χ0) is 19.4. The van der Waals surface area contributed by atoms with Crippen molar-refractivity contribution < 1.29 is 19.4 Å². The van der Waals surface area contributed by atoms with E-state index in [4.69, 9.17) is 14.6 Å². The van der Waals surface area contributed by atoms with Crippen molar-refractivity contribution in [3.63, 3.8) is 0 Å². The molecule has 3 atom stereocenters. The van der Waals surface area contributed by atoms with Gasteiger partial charge in [0.1, 0.15) is 0 Å². The number of hydrogen-bond donors (Lipinski definition) is 3.